The predicted molar refractivity (Wildman–Crippen MR) is 125 cm³/mol. The average molecular weight is 431 g/mol. The number of aromatic hydroxyl groups is 1. The number of aromatic nitrogens is 1. The van der Waals surface area contributed by atoms with Crippen LogP contribution in [0.2, 0.25) is 0 Å². The van der Waals surface area contributed by atoms with Crippen LogP contribution in [0.3, 0.4) is 0 Å². The molecule has 0 aliphatic rings. The maximum absolute atomic E-state index is 10.5. The van der Waals surface area contributed by atoms with Gasteiger partial charge in [0.15, 0.2) is 0 Å². The van der Waals surface area contributed by atoms with Crippen molar-refractivity contribution in [1.82, 2.24) is 10.3 Å². The van der Waals surface area contributed by atoms with Crippen LogP contribution in [0, 0.1) is 5.41 Å². The molecule has 2 aromatic rings. The Kier molecular flexibility index (Phi) is 7.33. The van der Waals surface area contributed by atoms with Gasteiger partial charge in [0.1, 0.15) is 11.4 Å². The van der Waals surface area contributed by atoms with Gasteiger partial charge in [0.05, 0.1) is 11.5 Å². The third-order valence-corrected chi connectivity index (χ3v) is 5.92. The summed E-state index contributed by atoms with van der Waals surface area (Å²) in [7, 11) is 0. The molecule has 0 aliphatic heterocycles. The van der Waals surface area contributed by atoms with E-state index in [1.54, 1.807) is 29.7 Å². The summed E-state index contributed by atoms with van der Waals surface area (Å²) >= 11 is 7.44. The molecule has 0 atom stereocenters. The maximum Gasteiger partial charge on any atom is 0.143 e. The number of allylic oxidation sites excluding steroid dienone is 2. The van der Waals surface area contributed by atoms with E-state index < -0.39 is 5.41 Å². The molecule has 0 saturated heterocycles. The van der Waals surface area contributed by atoms with Crippen LogP contribution in [-0.2, 0) is 6.42 Å². The van der Waals surface area contributed by atoms with Crippen molar-refractivity contribution in [2.24, 2.45) is 5.41 Å². The van der Waals surface area contributed by atoms with Gasteiger partial charge in [-0.25, -0.2) is 0 Å². The average Bonchev–Trinajstić information content (AvgIpc) is 3.07. The van der Waals surface area contributed by atoms with Crippen molar-refractivity contribution in [3.63, 3.8) is 0 Å². The van der Waals surface area contributed by atoms with Crippen molar-refractivity contribution in [2.75, 3.05) is 6.54 Å². The van der Waals surface area contributed by atoms with E-state index in [1.165, 1.54) is 5.56 Å². The number of aryl methyl sites for hydroxylation is 1. The Bertz CT molecular complexity index is 973. The van der Waals surface area contributed by atoms with Gasteiger partial charge in [0.2, 0.25) is 0 Å². The van der Waals surface area contributed by atoms with Crippen LogP contribution in [0.1, 0.15) is 36.9 Å². The van der Waals surface area contributed by atoms with E-state index in [-0.39, 0.29) is 11.5 Å². The van der Waals surface area contributed by atoms with Gasteiger partial charge in [-0.05, 0) is 36.3 Å². The van der Waals surface area contributed by atoms with Crippen LogP contribution in [0.5, 0.6) is 5.75 Å². The van der Waals surface area contributed by atoms with Crippen LogP contribution >= 0.6 is 22.9 Å². The third-order valence-electron chi connectivity index (χ3n) is 4.60. The normalized spacial score (nSPS) is 11.6. The number of aliphatic hydroxyl groups excluding tert-OH is 1. The lowest BCUT2D eigenvalue weighted by molar-refractivity contribution is 0.259. The van der Waals surface area contributed by atoms with Crippen LogP contribution in [-0.4, -0.2) is 21.7 Å². The maximum atomic E-state index is 10.5. The van der Waals surface area contributed by atoms with E-state index in [0.29, 0.717) is 23.0 Å². The molecule has 0 unspecified atom stereocenters. The van der Waals surface area contributed by atoms with Crippen molar-refractivity contribution in [3.8, 4) is 16.2 Å². The molecular weight excluding hydrogens is 404 g/mol. The van der Waals surface area contributed by atoms with Crippen LogP contribution in [0.25, 0.3) is 22.2 Å². The minimum absolute atomic E-state index is 0.0401. The number of nitrogens with zero attached hydrogens (tertiary/aromatic N) is 1. The molecule has 29 heavy (non-hydrogen) atoms. The highest BCUT2D eigenvalue weighted by Crippen LogP contribution is 2.35. The smallest absolute Gasteiger partial charge is 0.143 e. The number of hydrogen-bond acceptors (Lipinski definition) is 5. The number of thiophene rings is 1. The van der Waals surface area contributed by atoms with Gasteiger partial charge in [-0.1, -0.05) is 52.1 Å². The van der Waals surface area contributed by atoms with E-state index in [4.69, 9.17) is 11.6 Å². The van der Waals surface area contributed by atoms with Gasteiger partial charge in [0.25, 0.3) is 0 Å². The van der Waals surface area contributed by atoms with Crippen LogP contribution in [0.4, 0.5) is 0 Å². The fourth-order valence-corrected chi connectivity index (χ4v) is 3.70. The third kappa shape index (κ3) is 5.75. The fourth-order valence-electron chi connectivity index (χ4n) is 2.50. The van der Waals surface area contributed by atoms with Gasteiger partial charge in [-0.2, -0.15) is 0 Å². The molecule has 3 N–H and O–H groups in total. The topological polar surface area (TPSA) is 65.4 Å². The summed E-state index contributed by atoms with van der Waals surface area (Å²) in [6.45, 7) is 17.4. The molecule has 2 aromatic heterocycles. The zero-order valence-corrected chi connectivity index (χ0v) is 18.6. The second-order valence-corrected chi connectivity index (χ2v) is 8.96. The molecule has 2 heterocycles. The Morgan fingerprint density at radius 1 is 1.31 bits per heavy atom. The summed E-state index contributed by atoms with van der Waals surface area (Å²) < 4.78 is 0. The Balaban J connectivity index is 2.24. The lowest BCUT2D eigenvalue weighted by Crippen LogP contribution is -2.29. The molecule has 0 bridgehead atoms. The summed E-state index contributed by atoms with van der Waals surface area (Å²) in [5, 5.41) is 23.7. The molecule has 4 nitrogen and oxygen atoms in total. The Morgan fingerprint density at radius 3 is 2.55 bits per heavy atom. The van der Waals surface area contributed by atoms with E-state index in [1.807, 2.05) is 19.9 Å². The zero-order valence-electron chi connectivity index (χ0n) is 17.1. The summed E-state index contributed by atoms with van der Waals surface area (Å²) in [6, 6.07) is 3.78. The SMILES string of the molecule is C=C(Cl)/C=C\c1sc(-c2cnc(C(=C)NCC(C)(C)C(=C)O)c(O)c2)cc1CC. The predicted octanol–water partition coefficient (Wildman–Crippen LogP) is 6.50. The first-order chi connectivity index (χ1) is 13.5. The number of aliphatic hydroxyl groups is 1. The van der Waals surface area contributed by atoms with Crippen molar-refractivity contribution < 1.29 is 10.2 Å². The summed E-state index contributed by atoms with van der Waals surface area (Å²) in [5.74, 6) is 0.121. The van der Waals surface area contributed by atoms with Crippen molar-refractivity contribution >= 4 is 34.7 Å². The van der Waals surface area contributed by atoms with E-state index in [2.05, 4.69) is 43.0 Å². The second-order valence-electron chi connectivity index (χ2n) is 7.39. The fraction of sp³-hybridized carbons (Fsp3) is 0.261. The monoisotopic (exact) mass is 430 g/mol. The number of hydrogen-bond donors (Lipinski definition) is 3. The molecule has 2 rings (SSSR count). The number of rotatable bonds is 9. The first-order valence-electron chi connectivity index (χ1n) is 9.21. The lowest BCUT2D eigenvalue weighted by Gasteiger charge is -2.24. The van der Waals surface area contributed by atoms with Gasteiger partial charge < -0.3 is 15.5 Å². The van der Waals surface area contributed by atoms with Crippen LogP contribution in [0.15, 0.2) is 54.9 Å². The zero-order chi connectivity index (χ0) is 21.8. The molecule has 0 aromatic carbocycles. The molecule has 0 aliphatic carbocycles. The largest absolute Gasteiger partial charge is 0.512 e. The first kappa shape index (κ1) is 22.8. The Hall–Kier alpha value is -2.50. The Morgan fingerprint density at radius 2 is 2.00 bits per heavy atom. The summed E-state index contributed by atoms with van der Waals surface area (Å²) in [6.07, 6.45) is 6.33. The van der Waals surface area contributed by atoms with Gasteiger partial charge in [-0.15, -0.1) is 11.3 Å². The lowest BCUT2D eigenvalue weighted by atomic mass is 9.91. The second kappa shape index (κ2) is 9.33. The molecule has 0 spiro atoms. The van der Waals surface area contributed by atoms with E-state index >= 15 is 0 Å². The molecule has 0 fully saturated rings. The van der Waals surface area contributed by atoms with Gasteiger partial charge in [-0.3, -0.25) is 4.98 Å². The molecule has 0 saturated carbocycles. The van der Waals surface area contributed by atoms with Gasteiger partial charge in [0, 0.05) is 38.5 Å². The molecule has 0 amide bonds. The van der Waals surface area contributed by atoms with E-state index in [9.17, 15) is 10.2 Å². The highest BCUT2D eigenvalue weighted by molar-refractivity contribution is 7.16. The molecular formula is C23H27ClN2O2S. The first-order valence-corrected chi connectivity index (χ1v) is 10.4. The summed E-state index contributed by atoms with van der Waals surface area (Å²) in [4.78, 5) is 6.50. The number of halogens is 1. The highest BCUT2D eigenvalue weighted by atomic mass is 35.5. The minimum atomic E-state index is -0.524. The van der Waals surface area contributed by atoms with Crippen molar-refractivity contribution in [1.29, 1.82) is 0 Å². The highest BCUT2D eigenvalue weighted by Gasteiger charge is 2.22. The van der Waals surface area contributed by atoms with Gasteiger partial charge >= 0.3 is 0 Å². The Labute approximate surface area is 181 Å². The molecule has 0 radical (unpaired) electrons. The summed E-state index contributed by atoms with van der Waals surface area (Å²) in [5.41, 5.74) is 2.35. The quantitative estimate of drug-likeness (QED) is 0.313. The van der Waals surface area contributed by atoms with Crippen LogP contribution < -0.4 is 5.32 Å². The number of nitrogens with one attached hydrogen (secondary N) is 1. The number of pyridine rings is 1. The standard InChI is InChI=1S/C23H27ClN2O2S/c1-7-17-11-21(29-20(17)9-8-14(2)24)18-10-19(28)22(25-12-18)15(3)26-13-23(5,6)16(4)27/h8-12,26-28H,2-4,7,13H2,1,5-6H3/b9-8-. The van der Waals surface area contributed by atoms with Crippen molar-refractivity contribution in [3.05, 3.63) is 71.1 Å². The molecule has 6 heteroatoms. The van der Waals surface area contributed by atoms with E-state index in [0.717, 1.165) is 21.7 Å². The van der Waals surface area contributed by atoms with Crippen molar-refractivity contribution in [2.45, 2.75) is 27.2 Å². The molecule has 154 valence electrons. The minimum Gasteiger partial charge on any atom is -0.512 e.